The lowest BCUT2D eigenvalue weighted by molar-refractivity contribution is 0.0683. The van der Waals surface area contributed by atoms with E-state index in [-0.39, 0.29) is 5.48 Å². The molecule has 0 fully saturated rings. The van der Waals surface area contributed by atoms with Crippen molar-refractivity contribution in [2.75, 3.05) is 0 Å². The molecule has 0 saturated heterocycles. The molecule has 1 aromatic rings. The van der Waals surface area contributed by atoms with Crippen LogP contribution in [0, 0.1) is 5.82 Å². The van der Waals surface area contributed by atoms with Crippen LogP contribution >= 0.6 is 0 Å². The maximum absolute atomic E-state index is 12.5. The zero-order valence-electron chi connectivity index (χ0n) is 6.05. The van der Waals surface area contributed by atoms with Crippen molar-refractivity contribution in [3.8, 4) is 0 Å². The largest absolute Gasteiger partial charge is 0.476 e. The van der Waals surface area contributed by atoms with Crippen LogP contribution < -0.4 is 11.2 Å². The highest BCUT2D eigenvalue weighted by molar-refractivity contribution is 5.85. The minimum Gasteiger partial charge on any atom is -0.476 e. The Hall–Kier alpha value is -1.96. The van der Waals surface area contributed by atoms with Gasteiger partial charge in [0.2, 0.25) is 5.82 Å². The first kappa shape index (κ1) is 11.0. The molecule has 0 saturated carbocycles. The number of aromatic carboxylic acids is 1. The molecule has 0 radical (unpaired) electrons. The molecule has 5 N–H and O–H groups in total. The SMILES string of the molecule is O.O=C(O)c1[15nH][13c](=O)[15nH]c(=O)c1F. The highest BCUT2D eigenvalue weighted by atomic mass is 19.1. The molecular weight excluding hydrogens is 190 g/mol. The van der Waals surface area contributed by atoms with E-state index in [1.165, 1.54) is 4.98 Å². The lowest BCUT2D eigenvalue weighted by atomic mass is 10.4. The van der Waals surface area contributed by atoms with Crippen LogP contribution in [-0.2, 0) is 0 Å². The van der Waals surface area contributed by atoms with E-state index < -0.39 is 28.7 Å². The van der Waals surface area contributed by atoms with Gasteiger partial charge in [-0.1, -0.05) is 0 Å². The van der Waals surface area contributed by atoms with Gasteiger partial charge in [-0.25, -0.2) is 9.59 Å². The van der Waals surface area contributed by atoms with Crippen LogP contribution in [0.1, 0.15) is 10.5 Å². The van der Waals surface area contributed by atoms with Crippen LogP contribution in [0.4, 0.5) is 4.39 Å². The van der Waals surface area contributed by atoms with Crippen LogP contribution in [0.3, 0.4) is 0 Å². The number of nitrogens with one attached hydrogen (secondary N) is 2. The number of carboxylic acids is 1. The standard InChI is InChI=1S/C5H3FN2O4.H2O/c6-1-2(4(10)11)7-5(12)8-3(1)9;/h(H,10,11)(H2,7,8,9,12);1H2/i5+1,7+1,8+1;. The fraction of sp³-hybridized carbons (Fsp3) is 0. The van der Waals surface area contributed by atoms with Gasteiger partial charge < -0.3 is 10.6 Å². The molecule has 0 aliphatic carbocycles. The predicted molar refractivity (Wildman–Crippen MR) is 38.2 cm³/mol. The number of H-pyrrole nitrogens is 2. The average molecular weight is 195 g/mol. The van der Waals surface area contributed by atoms with E-state index in [4.69, 9.17) is 5.11 Å². The second kappa shape index (κ2) is 3.63. The van der Waals surface area contributed by atoms with Gasteiger partial charge in [0.25, 0.3) is 5.56 Å². The molecule has 8 heteroatoms. The summed E-state index contributed by atoms with van der Waals surface area (Å²) in [7, 11) is 0. The van der Waals surface area contributed by atoms with Crippen LogP contribution in [0.2, 0.25) is 0 Å². The summed E-state index contributed by atoms with van der Waals surface area (Å²) < 4.78 is 12.5. The Kier molecular flexibility index (Phi) is 3.08. The van der Waals surface area contributed by atoms with E-state index in [0.29, 0.717) is 0 Å². The molecule has 0 aliphatic rings. The van der Waals surface area contributed by atoms with E-state index in [1.807, 2.05) is 0 Å². The molecule has 0 bridgehead atoms. The summed E-state index contributed by atoms with van der Waals surface area (Å²) >= 11 is 0. The molecule has 1 heterocycles. The van der Waals surface area contributed by atoms with E-state index in [2.05, 4.69) is 0 Å². The first-order valence-corrected chi connectivity index (χ1v) is 2.77. The molecule has 0 spiro atoms. The predicted octanol–water partition coefficient (Wildman–Crippen LogP) is -1.92. The lowest BCUT2D eigenvalue weighted by Crippen LogP contribution is -2.29. The summed E-state index contributed by atoms with van der Waals surface area (Å²) in [5.74, 6) is -3.21. The van der Waals surface area contributed by atoms with Gasteiger partial charge in [-0.3, -0.25) is 14.8 Å². The molecular formula is C5H5FN2O5. The van der Waals surface area contributed by atoms with Crippen molar-refractivity contribution in [1.82, 2.24) is 9.97 Å². The van der Waals surface area contributed by atoms with Gasteiger partial charge >= 0.3 is 11.7 Å². The number of rotatable bonds is 1. The van der Waals surface area contributed by atoms with Gasteiger partial charge in [0, 0.05) is 0 Å². The van der Waals surface area contributed by atoms with Gasteiger partial charge in [-0.2, -0.15) is 4.39 Å². The number of carbonyl (C=O) groups is 1. The molecule has 1 rings (SSSR count). The minimum atomic E-state index is -1.70. The number of aromatic amines is 2. The summed E-state index contributed by atoms with van der Waals surface area (Å²) in [6.07, 6.45) is 0. The van der Waals surface area contributed by atoms with Crippen molar-refractivity contribution in [3.05, 3.63) is 32.3 Å². The minimum absolute atomic E-state index is 0. The maximum atomic E-state index is 12.5. The van der Waals surface area contributed by atoms with Crippen molar-refractivity contribution in [2.45, 2.75) is 0 Å². The fourth-order valence-corrected chi connectivity index (χ4v) is 0.619. The van der Waals surface area contributed by atoms with Gasteiger partial charge in [0.05, 0.1) is 0 Å². The Morgan fingerprint density at radius 1 is 1.31 bits per heavy atom. The number of halogens is 1. The molecule has 0 amide bonds. The van der Waals surface area contributed by atoms with Gasteiger partial charge in [0.15, 0.2) is 5.69 Å². The van der Waals surface area contributed by atoms with Crippen molar-refractivity contribution in [3.63, 3.8) is 0 Å². The van der Waals surface area contributed by atoms with Crippen molar-refractivity contribution in [2.24, 2.45) is 0 Å². The Bertz CT molecular complexity index is 433. The fourth-order valence-electron chi connectivity index (χ4n) is 0.619. The Morgan fingerprint density at radius 2 is 1.85 bits per heavy atom. The maximum Gasteiger partial charge on any atom is 0.355 e. The summed E-state index contributed by atoms with van der Waals surface area (Å²) in [5.41, 5.74) is -3.45. The van der Waals surface area contributed by atoms with Crippen molar-refractivity contribution in [1.29, 1.82) is 0 Å². The number of carboxylic acid groups (broad SMARTS) is 1. The molecule has 0 atom stereocenters. The second-order valence-corrected chi connectivity index (χ2v) is 1.90. The Labute approximate surface area is 69.2 Å². The van der Waals surface area contributed by atoms with E-state index in [0.717, 1.165) is 0 Å². The first-order valence-electron chi connectivity index (χ1n) is 2.77. The Morgan fingerprint density at radius 3 is 2.31 bits per heavy atom. The third-order valence-electron chi connectivity index (χ3n) is 1.10. The Balaban J connectivity index is 0.00000144. The third-order valence-corrected chi connectivity index (χ3v) is 1.10. The third kappa shape index (κ3) is 1.99. The van der Waals surface area contributed by atoms with Gasteiger partial charge in [-0.15, -0.1) is 0 Å². The van der Waals surface area contributed by atoms with Crippen LogP contribution in [0.25, 0.3) is 0 Å². The zero-order chi connectivity index (χ0) is 9.30. The van der Waals surface area contributed by atoms with Crippen molar-refractivity contribution < 1.29 is 19.8 Å². The van der Waals surface area contributed by atoms with Gasteiger partial charge in [0.1, 0.15) is 0 Å². The monoisotopic (exact) mass is 195 g/mol. The second-order valence-electron chi connectivity index (χ2n) is 1.90. The van der Waals surface area contributed by atoms with Gasteiger partial charge in [-0.05, 0) is 0 Å². The van der Waals surface area contributed by atoms with Crippen molar-refractivity contribution >= 4 is 5.97 Å². The van der Waals surface area contributed by atoms with E-state index in [9.17, 15) is 18.8 Å². The molecule has 7 nitrogen and oxygen atoms in total. The van der Waals surface area contributed by atoms with Crippen LogP contribution in [0.15, 0.2) is 9.59 Å². The number of hydrogen-bond acceptors (Lipinski definition) is 3. The molecule has 0 unspecified atom stereocenters. The topological polar surface area (TPSA) is 135 Å². The van der Waals surface area contributed by atoms with Crippen LogP contribution in [-0.4, -0.2) is 26.5 Å². The molecule has 1 aromatic heterocycles. The van der Waals surface area contributed by atoms with Crippen LogP contribution in [0.5, 0.6) is 0 Å². The first-order chi connectivity index (χ1) is 5.52. The molecule has 0 aliphatic heterocycles. The number of hydrogen-bond donors (Lipinski definition) is 3. The molecule has 13 heavy (non-hydrogen) atoms. The summed E-state index contributed by atoms with van der Waals surface area (Å²) in [6.45, 7) is 0. The smallest absolute Gasteiger partial charge is 0.355 e. The highest BCUT2D eigenvalue weighted by Gasteiger charge is 2.14. The molecule has 0 aromatic carbocycles. The summed E-state index contributed by atoms with van der Waals surface area (Å²) in [5, 5.41) is 8.25. The average Bonchev–Trinajstić information content (AvgIpc) is 1.96. The normalized spacial score (nSPS) is 9.00. The summed E-state index contributed by atoms with van der Waals surface area (Å²) in [6, 6.07) is 0. The quantitative estimate of drug-likeness (QED) is 0.481. The lowest BCUT2D eigenvalue weighted by Gasteiger charge is -1.93. The van der Waals surface area contributed by atoms with E-state index >= 15 is 0 Å². The molecule has 72 valence electrons. The van der Waals surface area contributed by atoms with E-state index in [1.54, 1.807) is 4.98 Å². The summed E-state index contributed by atoms with van der Waals surface area (Å²) in [4.78, 5) is 34.2. The number of aromatic nitrogens is 2. The highest BCUT2D eigenvalue weighted by Crippen LogP contribution is 1.92. The zero-order valence-corrected chi connectivity index (χ0v) is 6.05.